The molecule has 2 aromatic rings. The second kappa shape index (κ2) is 7.60. The van der Waals surface area contributed by atoms with Crippen LogP contribution in [0.15, 0.2) is 54.6 Å². The van der Waals surface area contributed by atoms with Crippen LogP contribution in [0.5, 0.6) is 0 Å². The second-order valence-electron chi connectivity index (χ2n) is 6.62. The molecule has 0 saturated carbocycles. The van der Waals surface area contributed by atoms with Crippen LogP contribution in [0.4, 0.5) is 5.69 Å². The zero-order chi connectivity index (χ0) is 16.9. The highest BCUT2D eigenvalue weighted by Crippen LogP contribution is 2.31. The monoisotopic (exact) mass is 323 g/mol. The summed E-state index contributed by atoms with van der Waals surface area (Å²) in [6, 6.07) is 18.3. The molecular formula is C20H25N3O. The molecule has 4 heteroatoms. The van der Waals surface area contributed by atoms with Crippen molar-refractivity contribution in [3.63, 3.8) is 0 Å². The first kappa shape index (κ1) is 16.7. The Labute approximate surface area is 143 Å². The van der Waals surface area contributed by atoms with Crippen molar-refractivity contribution in [2.45, 2.75) is 12.8 Å². The molecule has 0 aromatic heterocycles. The van der Waals surface area contributed by atoms with E-state index < -0.39 is 0 Å². The Morgan fingerprint density at radius 3 is 2.50 bits per heavy atom. The van der Waals surface area contributed by atoms with Gasteiger partial charge in [-0.15, -0.1) is 0 Å². The van der Waals surface area contributed by atoms with Crippen LogP contribution in [-0.2, 0) is 4.79 Å². The minimum absolute atomic E-state index is 0.0309. The quantitative estimate of drug-likeness (QED) is 0.889. The minimum Gasteiger partial charge on any atom is -0.330 e. The van der Waals surface area contributed by atoms with Gasteiger partial charge < -0.3 is 11.1 Å². The lowest BCUT2D eigenvalue weighted by Crippen LogP contribution is -2.32. The van der Waals surface area contributed by atoms with Crippen LogP contribution in [0.25, 0.3) is 0 Å². The fourth-order valence-corrected chi connectivity index (χ4v) is 3.45. The van der Waals surface area contributed by atoms with Gasteiger partial charge in [0.05, 0.1) is 6.54 Å². The molecule has 0 aliphatic carbocycles. The molecule has 0 unspecified atom stereocenters. The molecule has 1 saturated heterocycles. The van der Waals surface area contributed by atoms with E-state index in [0.29, 0.717) is 24.9 Å². The molecular weight excluding hydrogens is 298 g/mol. The Morgan fingerprint density at radius 1 is 1.12 bits per heavy atom. The van der Waals surface area contributed by atoms with Crippen molar-refractivity contribution < 1.29 is 4.79 Å². The van der Waals surface area contributed by atoms with Crippen LogP contribution in [0.1, 0.15) is 17.0 Å². The van der Waals surface area contributed by atoms with E-state index in [4.69, 9.17) is 5.73 Å². The molecule has 2 aromatic carbocycles. The molecule has 126 valence electrons. The molecule has 1 heterocycles. The number of amides is 1. The fourth-order valence-electron chi connectivity index (χ4n) is 3.45. The molecule has 0 spiro atoms. The first-order valence-electron chi connectivity index (χ1n) is 8.49. The van der Waals surface area contributed by atoms with Gasteiger partial charge in [0, 0.05) is 24.7 Å². The van der Waals surface area contributed by atoms with Gasteiger partial charge in [0.1, 0.15) is 0 Å². The van der Waals surface area contributed by atoms with Gasteiger partial charge in [0.15, 0.2) is 0 Å². The SMILES string of the molecule is Cc1ccc(NC(=O)CN2C[C@@H](CN)[C@H](c3ccccc3)C2)cc1. The van der Waals surface area contributed by atoms with Gasteiger partial charge in [-0.2, -0.15) is 0 Å². The van der Waals surface area contributed by atoms with Crippen molar-refractivity contribution in [1.82, 2.24) is 4.90 Å². The second-order valence-corrected chi connectivity index (χ2v) is 6.62. The van der Waals surface area contributed by atoms with E-state index in [0.717, 1.165) is 18.8 Å². The maximum Gasteiger partial charge on any atom is 0.238 e. The molecule has 1 amide bonds. The molecule has 3 N–H and O–H groups in total. The third-order valence-corrected chi connectivity index (χ3v) is 4.75. The summed E-state index contributed by atoms with van der Waals surface area (Å²) in [6.45, 7) is 4.85. The number of anilines is 1. The minimum atomic E-state index is 0.0309. The van der Waals surface area contributed by atoms with Crippen LogP contribution < -0.4 is 11.1 Å². The first-order valence-corrected chi connectivity index (χ1v) is 8.49. The highest BCUT2D eigenvalue weighted by atomic mass is 16.2. The predicted molar refractivity (Wildman–Crippen MR) is 98.0 cm³/mol. The topological polar surface area (TPSA) is 58.4 Å². The first-order chi connectivity index (χ1) is 11.7. The number of nitrogens with zero attached hydrogens (tertiary/aromatic N) is 1. The predicted octanol–water partition coefficient (Wildman–Crippen LogP) is 2.61. The number of aryl methyl sites for hydroxylation is 1. The Hall–Kier alpha value is -2.17. The van der Waals surface area contributed by atoms with Crippen LogP contribution >= 0.6 is 0 Å². The molecule has 0 bridgehead atoms. The Bertz CT molecular complexity index is 669. The molecule has 1 aliphatic heterocycles. The number of carbonyl (C=O) groups excluding carboxylic acids is 1. The van der Waals surface area contributed by atoms with Crippen molar-refractivity contribution in [1.29, 1.82) is 0 Å². The largest absolute Gasteiger partial charge is 0.330 e. The summed E-state index contributed by atoms with van der Waals surface area (Å²) < 4.78 is 0. The molecule has 4 nitrogen and oxygen atoms in total. The highest BCUT2D eigenvalue weighted by Gasteiger charge is 2.33. The number of nitrogens with one attached hydrogen (secondary N) is 1. The summed E-state index contributed by atoms with van der Waals surface area (Å²) in [5, 5.41) is 2.97. The summed E-state index contributed by atoms with van der Waals surface area (Å²) in [4.78, 5) is 14.5. The number of nitrogens with two attached hydrogens (primary N) is 1. The van der Waals surface area contributed by atoms with Crippen molar-refractivity contribution in [2.24, 2.45) is 11.7 Å². The molecule has 2 atom stereocenters. The number of rotatable bonds is 5. The summed E-state index contributed by atoms with van der Waals surface area (Å²) in [6.07, 6.45) is 0. The van der Waals surface area contributed by atoms with E-state index >= 15 is 0 Å². The standard InChI is InChI=1S/C20H25N3O/c1-15-7-9-18(10-8-15)22-20(24)14-23-12-17(11-21)19(13-23)16-5-3-2-4-6-16/h2-10,17,19H,11-14,21H2,1H3,(H,22,24)/t17-,19+/m1/s1. The smallest absolute Gasteiger partial charge is 0.238 e. The summed E-state index contributed by atoms with van der Waals surface area (Å²) >= 11 is 0. The normalized spacial score (nSPS) is 20.9. The summed E-state index contributed by atoms with van der Waals surface area (Å²) in [5.41, 5.74) is 9.31. The highest BCUT2D eigenvalue weighted by molar-refractivity contribution is 5.92. The molecule has 3 rings (SSSR count). The Kier molecular flexibility index (Phi) is 5.28. The number of benzene rings is 2. The molecule has 24 heavy (non-hydrogen) atoms. The van der Waals surface area contributed by atoms with E-state index in [-0.39, 0.29) is 5.91 Å². The van der Waals surface area contributed by atoms with Gasteiger partial charge in [-0.25, -0.2) is 0 Å². The van der Waals surface area contributed by atoms with E-state index in [1.807, 2.05) is 37.3 Å². The van der Waals surface area contributed by atoms with E-state index in [1.54, 1.807) is 0 Å². The average molecular weight is 323 g/mol. The Morgan fingerprint density at radius 2 is 1.83 bits per heavy atom. The molecule has 0 radical (unpaired) electrons. The van der Waals surface area contributed by atoms with Gasteiger partial charge in [0.25, 0.3) is 0 Å². The maximum atomic E-state index is 12.3. The van der Waals surface area contributed by atoms with E-state index in [2.05, 4.69) is 34.5 Å². The lowest BCUT2D eigenvalue weighted by molar-refractivity contribution is -0.117. The molecule has 1 aliphatic rings. The van der Waals surface area contributed by atoms with Crippen LogP contribution in [-0.4, -0.2) is 37.0 Å². The number of hydrogen-bond acceptors (Lipinski definition) is 3. The number of carbonyl (C=O) groups is 1. The zero-order valence-corrected chi connectivity index (χ0v) is 14.1. The average Bonchev–Trinajstić information content (AvgIpc) is 3.00. The third kappa shape index (κ3) is 4.02. The zero-order valence-electron chi connectivity index (χ0n) is 14.1. The molecule has 1 fully saturated rings. The van der Waals surface area contributed by atoms with Crippen molar-refractivity contribution in [3.05, 3.63) is 65.7 Å². The number of hydrogen-bond donors (Lipinski definition) is 2. The van der Waals surface area contributed by atoms with Crippen LogP contribution in [0.2, 0.25) is 0 Å². The number of likely N-dealkylation sites (tertiary alicyclic amines) is 1. The van der Waals surface area contributed by atoms with Gasteiger partial charge in [-0.05, 0) is 37.1 Å². The van der Waals surface area contributed by atoms with Crippen LogP contribution in [0.3, 0.4) is 0 Å². The van der Waals surface area contributed by atoms with E-state index in [1.165, 1.54) is 11.1 Å². The van der Waals surface area contributed by atoms with Crippen molar-refractivity contribution >= 4 is 11.6 Å². The summed E-state index contributed by atoms with van der Waals surface area (Å²) in [5.74, 6) is 0.839. The lowest BCUT2D eigenvalue weighted by atomic mass is 9.89. The maximum absolute atomic E-state index is 12.3. The van der Waals surface area contributed by atoms with Crippen molar-refractivity contribution in [3.8, 4) is 0 Å². The lowest BCUT2D eigenvalue weighted by Gasteiger charge is -2.16. The third-order valence-electron chi connectivity index (χ3n) is 4.75. The van der Waals surface area contributed by atoms with Crippen LogP contribution in [0, 0.1) is 12.8 Å². The summed E-state index contributed by atoms with van der Waals surface area (Å²) in [7, 11) is 0. The van der Waals surface area contributed by atoms with Gasteiger partial charge >= 0.3 is 0 Å². The van der Waals surface area contributed by atoms with E-state index in [9.17, 15) is 4.79 Å². The van der Waals surface area contributed by atoms with Crippen molar-refractivity contribution in [2.75, 3.05) is 31.5 Å². The van der Waals surface area contributed by atoms with Gasteiger partial charge in [-0.1, -0.05) is 48.0 Å². The fraction of sp³-hybridized carbons (Fsp3) is 0.350. The Balaban J connectivity index is 1.59. The van der Waals surface area contributed by atoms with Gasteiger partial charge in [-0.3, -0.25) is 9.69 Å². The van der Waals surface area contributed by atoms with Gasteiger partial charge in [0.2, 0.25) is 5.91 Å².